The third-order valence-electron chi connectivity index (χ3n) is 5.66. The molecule has 0 saturated heterocycles. The molecule has 0 aliphatic heterocycles. The van der Waals surface area contributed by atoms with Crippen molar-refractivity contribution in [2.75, 3.05) is 20.1 Å². The highest BCUT2D eigenvalue weighted by molar-refractivity contribution is 6.00. The van der Waals surface area contributed by atoms with E-state index in [1.54, 1.807) is 42.3 Å². The molecule has 5 nitrogen and oxygen atoms in total. The maximum atomic E-state index is 13.0. The van der Waals surface area contributed by atoms with Crippen LogP contribution >= 0.6 is 0 Å². The number of nitrogens with zero attached hydrogens (tertiary/aromatic N) is 1. The highest BCUT2D eigenvalue weighted by Crippen LogP contribution is 2.30. The van der Waals surface area contributed by atoms with Crippen molar-refractivity contribution in [2.24, 2.45) is 0 Å². The molecule has 4 rings (SSSR count). The number of carbonyl (C=O) groups excluding carboxylic acids is 2. The zero-order valence-electron chi connectivity index (χ0n) is 20.3. The Morgan fingerprint density at radius 1 is 0.583 bits per heavy atom. The molecule has 0 fully saturated rings. The Hall–Kier alpha value is -4.22. The smallest absolute Gasteiger partial charge is 0.176 e. The van der Waals surface area contributed by atoms with Gasteiger partial charge < -0.3 is 9.47 Å². The number of carbonyl (C=O) groups is 2. The molecule has 0 unspecified atom stereocenters. The molecule has 0 spiro atoms. The minimum atomic E-state index is -0.0995. The van der Waals surface area contributed by atoms with Gasteiger partial charge in [0, 0.05) is 11.1 Å². The van der Waals surface area contributed by atoms with E-state index in [1.807, 2.05) is 78.9 Å². The van der Waals surface area contributed by atoms with Gasteiger partial charge in [-0.05, 0) is 36.4 Å². The fourth-order valence-electron chi connectivity index (χ4n) is 3.74. The molecule has 4 aromatic rings. The first kappa shape index (κ1) is 24.9. The first-order valence-electron chi connectivity index (χ1n) is 11.9. The van der Waals surface area contributed by atoms with Crippen molar-refractivity contribution in [1.82, 2.24) is 4.90 Å². The van der Waals surface area contributed by atoms with Crippen molar-refractivity contribution in [3.05, 3.63) is 131 Å². The molecule has 0 N–H and O–H groups in total. The number of Topliss-reactive ketones (excluding diaryl/α,β-unsaturated/α-hetero) is 2. The van der Waals surface area contributed by atoms with Crippen LogP contribution in [0.5, 0.6) is 11.5 Å². The van der Waals surface area contributed by atoms with Gasteiger partial charge in [-0.3, -0.25) is 14.5 Å². The van der Waals surface area contributed by atoms with Gasteiger partial charge in [-0.2, -0.15) is 0 Å². The third kappa shape index (κ3) is 7.14. The predicted octanol–water partition coefficient (Wildman–Crippen LogP) is 5.84. The van der Waals surface area contributed by atoms with Crippen LogP contribution in [0.15, 0.2) is 109 Å². The van der Waals surface area contributed by atoms with Crippen molar-refractivity contribution in [2.45, 2.75) is 13.2 Å². The number of ether oxygens (including phenoxy) is 2. The Morgan fingerprint density at radius 2 is 1.06 bits per heavy atom. The molecule has 0 amide bonds. The van der Waals surface area contributed by atoms with E-state index in [-0.39, 0.29) is 24.7 Å². The standard InChI is InChI=1S/C31H29NO4/c1-32(20-28(33)26-15-9-4-10-16-26)21-29(34)27-17-18-30(35-22-24-11-5-2-6-12-24)31(19-27)36-23-25-13-7-3-8-14-25/h2-19H,20-23H2,1H3. The van der Waals surface area contributed by atoms with E-state index in [1.165, 1.54) is 0 Å². The number of hydrogen-bond acceptors (Lipinski definition) is 5. The first-order valence-corrected chi connectivity index (χ1v) is 11.9. The Balaban J connectivity index is 1.45. The number of likely N-dealkylation sites (N-methyl/N-ethyl adjacent to an activating group) is 1. The Bertz CT molecular complexity index is 1270. The van der Waals surface area contributed by atoms with Gasteiger partial charge in [-0.1, -0.05) is 91.0 Å². The lowest BCUT2D eigenvalue weighted by molar-refractivity contribution is 0.0895. The van der Waals surface area contributed by atoms with Crippen LogP contribution in [0, 0.1) is 0 Å². The second-order valence-electron chi connectivity index (χ2n) is 8.59. The largest absolute Gasteiger partial charge is 0.485 e. The molecule has 0 atom stereocenters. The molecule has 0 bridgehead atoms. The molecule has 36 heavy (non-hydrogen) atoms. The predicted molar refractivity (Wildman–Crippen MR) is 141 cm³/mol. The van der Waals surface area contributed by atoms with E-state index >= 15 is 0 Å². The summed E-state index contributed by atoms with van der Waals surface area (Å²) < 4.78 is 12.1. The highest BCUT2D eigenvalue weighted by atomic mass is 16.5. The third-order valence-corrected chi connectivity index (χ3v) is 5.66. The van der Waals surface area contributed by atoms with E-state index in [4.69, 9.17) is 9.47 Å². The van der Waals surface area contributed by atoms with Crippen LogP contribution in [0.25, 0.3) is 0 Å². The van der Waals surface area contributed by atoms with Crippen molar-refractivity contribution in [1.29, 1.82) is 0 Å². The van der Waals surface area contributed by atoms with Gasteiger partial charge in [-0.25, -0.2) is 0 Å². The van der Waals surface area contributed by atoms with Gasteiger partial charge >= 0.3 is 0 Å². The summed E-state index contributed by atoms with van der Waals surface area (Å²) in [5.41, 5.74) is 3.19. The zero-order chi connectivity index (χ0) is 25.2. The first-order chi connectivity index (χ1) is 17.6. The van der Waals surface area contributed by atoms with E-state index in [9.17, 15) is 9.59 Å². The number of hydrogen-bond donors (Lipinski definition) is 0. The maximum absolute atomic E-state index is 13.0. The summed E-state index contributed by atoms with van der Waals surface area (Å²) in [6.45, 7) is 1.01. The molecule has 0 saturated carbocycles. The molecule has 182 valence electrons. The minimum absolute atomic E-state index is 0.0255. The van der Waals surface area contributed by atoms with Crippen molar-refractivity contribution in [3.63, 3.8) is 0 Å². The Morgan fingerprint density at radius 3 is 1.61 bits per heavy atom. The lowest BCUT2D eigenvalue weighted by Gasteiger charge is -2.17. The van der Waals surface area contributed by atoms with E-state index in [0.29, 0.717) is 35.8 Å². The summed E-state index contributed by atoms with van der Waals surface area (Å²) in [5.74, 6) is 0.947. The van der Waals surface area contributed by atoms with E-state index < -0.39 is 0 Å². The summed E-state index contributed by atoms with van der Waals surface area (Å²) in [7, 11) is 1.77. The molecule has 0 aromatic heterocycles. The minimum Gasteiger partial charge on any atom is -0.485 e. The molecule has 0 heterocycles. The molecular weight excluding hydrogens is 450 g/mol. The van der Waals surface area contributed by atoms with Crippen molar-refractivity contribution in [3.8, 4) is 11.5 Å². The Kier molecular flexibility index (Phi) is 8.62. The monoisotopic (exact) mass is 479 g/mol. The molecule has 0 aliphatic rings. The van der Waals surface area contributed by atoms with Crippen LogP contribution in [0.1, 0.15) is 31.8 Å². The van der Waals surface area contributed by atoms with E-state index in [0.717, 1.165) is 11.1 Å². The molecule has 0 radical (unpaired) electrons. The summed E-state index contributed by atoms with van der Waals surface area (Å²) in [6.07, 6.45) is 0. The number of benzene rings is 4. The van der Waals surface area contributed by atoms with E-state index in [2.05, 4.69) is 0 Å². The fraction of sp³-hybridized carbons (Fsp3) is 0.161. The van der Waals surface area contributed by atoms with Crippen molar-refractivity contribution >= 4 is 11.6 Å². The zero-order valence-corrected chi connectivity index (χ0v) is 20.3. The molecule has 0 aliphatic carbocycles. The van der Waals surface area contributed by atoms with Crippen LogP contribution in [0.3, 0.4) is 0 Å². The van der Waals surface area contributed by atoms with Gasteiger partial charge in [0.2, 0.25) is 0 Å². The molecule has 5 heteroatoms. The topological polar surface area (TPSA) is 55.8 Å². The lowest BCUT2D eigenvalue weighted by Crippen LogP contribution is -2.31. The molecular formula is C31H29NO4. The van der Waals surface area contributed by atoms with Gasteiger partial charge in [-0.15, -0.1) is 0 Å². The fourth-order valence-corrected chi connectivity index (χ4v) is 3.74. The van der Waals surface area contributed by atoms with Crippen LogP contribution in [0.4, 0.5) is 0 Å². The second-order valence-corrected chi connectivity index (χ2v) is 8.59. The molecule has 4 aromatic carbocycles. The van der Waals surface area contributed by atoms with Crippen LogP contribution in [0.2, 0.25) is 0 Å². The summed E-state index contributed by atoms with van der Waals surface area (Å²) in [4.78, 5) is 27.3. The van der Waals surface area contributed by atoms with Gasteiger partial charge in [0.1, 0.15) is 13.2 Å². The van der Waals surface area contributed by atoms with Crippen molar-refractivity contribution < 1.29 is 19.1 Å². The van der Waals surface area contributed by atoms with Gasteiger partial charge in [0.15, 0.2) is 23.1 Å². The SMILES string of the molecule is CN(CC(=O)c1ccccc1)CC(=O)c1ccc(OCc2ccccc2)c(OCc2ccccc2)c1. The van der Waals surface area contributed by atoms with Crippen LogP contribution in [-0.2, 0) is 13.2 Å². The average molecular weight is 480 g/mol. The normalized spacial score (nSPS) is 10.7. The lowest BCUT2D eigenvalue weighted by atomic mass is 10.1. The van der Waals surface area contributed by atoms with Crippen LogP contribution < -0.4 is 9.47 Å². The maximum Gasteiger partial charge on any atom is 0.176 e. The highest BCUT2D eigenvalue weighted by Gasteiger charge is 2.16. The summed E-state index contributed by atoms with van der Waals surface area (Å²) >= 11 is 0. The number of ketones is 2. The number of rotatable bonds is 12. The van der Waals surface area contributed by atoms with Crippen LogP contribution in [-0.4, -0.2) is 36.6 Å². The summed E-state index contributed by atoms with van der Waals surface area (Å²) in [5, 5.41) is 0. The summed E-state index contributed by atoms with van der Waals surface area (Å²) in [6, 6.07) is 34.0. The van der Waals surface area contributed by atoms with Gasteiger partial charge in [0.05, 0.1) is 13.1 Å². The Labute approximate surface area is 211 Å². The van der Waals surface area contributed by atoms with Gasteiger partial charge in [0.25, 0.3) is 0 Å². The quantitative estimate of drug-likeness (QED) is 0.239. The second kappa shape index (κ2) is 12.5. The average Bonchev–Trinajstić information content (AvgIpc) is 2.92.